The minimum absolute atomic E-state index is 0.226. The van der Waals surface area contributed by atoms with Crippen LogP contribution < -0.4 is 5.32 Å². The minimum atomic E-state index is -4.56. The molecular formula is C13H13ClF3N5O. The summed E-state index contributed by atoms with van der Waals surface area (Å²) in [6.07, 6.45) is -3.57. The molecule has 0 atom stereocenters. The maximum atomic E-state index is 12.5. The summed E-state index contributed by atoms with van der Waals surface area (Å²) in [5.74, 6) is 0.760. The van der Waals surface area contributed by atoms with Crippen molar-refractivity contribution in [2.45, 2.75) is 19.5 Å². The Hall–Kier alpha value is -2.16. The standard InChI is InChI=1S/C13H13ClF3N5O/c1-7-20-21-10(22(7)2)3-4-18-12(23)11-9(14)5-8(6-19-11)13(15,16)17/h5-6H,3-4H2,1-2H3,(H,18,23). The van der Waals surface area contributed by atoms with Gasteiger partial charge in [0.1, 0.15) is 17.3 Å². The topological polar surface area (TPSA) is 72.7 Å². The molecular weight excluding hydrogens is 335 g/mol. The minimum Gasteiger partial charge on any atom is -0.350 e. The summed E-state index contributed by atoms with van der Waals surface area (Å²) in [7, 11) is 1.79. The SMILES string of the molecule is Cc1nnc(CCNC(=O)c2ncc(C(F)(F)F)cc2Cl)n1C. The second kappa shape index (κ2) is 6.53. The zero-order chi connectivity index (χ0) is 17.2. The average molecular weight is 348 g/mol. The molecule has 10 heteroatoms. The van der Waals surface area contributed by atoms with Crippen LogP contribution in [0.15, 0.2) is 12.3 Å². The Morgan fingerprint density at radius 2 is 2.09 bits per heavy atom. The molecule has 0 aromatic carbocycles. The van der Waals surface area contributed by atoms with Gasteiger partial charge < -0.3 is 9.88 Å². The van der Waals surface area contributed by atoms with Crippen LogP contribution in [0, 0.1) is 6.92 Å². The average Bonchev–Trinajstić information content (AvgIpc) is 2.78. The zero-order valence-electron chi connectivity index (χ0n) is 12.3. The second-order valence-corrected chi connectivity index (χ2v) is 5.19. The number of hydrogen-bond donors (Lipinski definition) is 1. The van der Waals surface area contributed by atoms with Crippen LogP contribution in [0.3, 0.4) is 0 Å². The molecule has 6 nitrogen and oxygen atoms in total. The first-order valence-electron chi connectivity index (χ1n) is 6.56. The van der Waals surface area contributed by atoms with Gasteiger partial charge in [-0.1, -0.05) is 11.6 Å². The highest BCUT2D eigenvalue weighted by Crippen LogP contribution is 2.30. The zero-order valence-corrected chi connectivity index (χ0v) is 13.0. The lowest BCUT2D eigenvalue weighted by Crippen LogP contribution is -2.27. The van der Waals surface area contributed by atoms with Gasteiger partial charge in [0.2, 0.25) is 0 Å². The maximum Gasteiger partial charge on any atom is 0.417 e. The number of nitrogens with zero attached hydrogens (tertiary/aromatic N) is 4. The Morgan fingerprint density at radius 1 is 1.39 bits per heavy atom. The third-order valence-corrected chi connectivity index (χ3v) is 3.49. The van der Waals surface area contributed by atoms with Gasteiger partial charge in [-0.3, -0.25) is 4.79 Å². The molecule has 1 N–H and O–H groups in total. The summed E-state index contributed by atoms with van der Waals surface area (Å²) in [5.41, 5.74) is -1.26. The molecule has 1 amide bonds. The Bertz CT molecular complexity index is 729. The monoisotopic (exact) mass is 347 g/mol. The summed E-state index contributed by atoms with van der Waals surface area (Å²) in [6.45, 7) is 2.02. The summed E-state index contributed by atoms with van der Waals surface area (Å²) in [6, 6.07) is 0.676. The molecule has 0 saturated heterocycles. The van der Waals surface area contributed by atoms with Gasteiger partial charge in [-0.25, -0.2) is 4.98 Å². The first kappa shape index (κ1) is 17.2. The molecule has 0 aliphatic carbocycles. The number of aromatic nitrogens is 4. The van der Waals surface area contributed by atoms with Crippen molar-refractivity contribution in [2.75, 3.05) is 6.54 Å². The van der Waals surface area contributed by atoms with Gasteiger partial charge in [0.15, 0.2) is 0 Å². The van der Waals surface area contributed by atoms with Crippen molar-refractivity contribution in [3.63, 3.8) is 0 Å². The van der Waals surface area contributed by atoms with Crippen LogP contribution >= 0.6 is 11.6 Å². The predicted octanol–water partition coefficient (Wildman–Crippen LogP) is 2.16. The third kappa shape index (κ3) is 3.98. The number of rotatable bonds is 4. The van der Waals surface area contributed by atoms with Gasteiger partial charge >= 0.3 is 6.18 Å². The molecule has 0 spiro atoms. The summed E-state index contributed by atoms with van der Waals surface area (Å²) >= 11 is 5.71. The summed E-state index contributed by atoms with van der Waals surface area (Å²) in [4.78, 5) is 15.4. The fourth-order valence-electron chi connectivity index (χ4n) is 1.80. The number of pyridine rings is 1. The number of carbonyl (C=O) groups is 1. The van der Waals surface area contributed by atoms with Gasteiger partial charge in [0.25, 0.3) is 5.91 Å². The number of alkyl halides is 3. The van der Waals surface area contributed by atoms with E-state index in [-0.39, 0.29) is 17.3 Å². The molecule has 0 fully saturated rings. The number of halogens is 4. The van der Waals surface area contributed by atoms with Crippen molar-refractivity contribution in [3.8, 4) is 0 Å². The summed E-state index contributed by atoms with van der Waals surface area (Å²) < 4.78 is 39.3. The fourth-order valence-corrected chi connectivity index (χ4v) is 2.05. The Kier molecular flexibility index (Phi) is 4.88. The van der Waals surface area contributed by atoms with Gasteiger partial charge in [0.05, 0.1) is 10.6 Å². The second-order valence-electron chi connectivity index (χ2n) is 4.78. The lowest BCUT2D eigenvalue weighted by atomic mass is 10.2. The number of aryl methyl sites for hydroxylation is 1. The lowest BCUT2D eigenvalue weighted by Gasteiger charge is -2.09. The fraction of sp³-hybridized carbons (Fsp3) is 0.385. The molecule has 0 bridgehead atoms. The molecule has 0 radical (unpaired) electrons. The van der Waals surface area contributed by atoms with E-state index in [1.54, 1.807) is 18.5 Å². The van der Waals surface area contributed by atoms with Crippen molar-refractivity contribution >= 4 is 17.5 Å². The van der Waals surface area contributed by atoms with Crippen LogP contribution in [-0.4, -0.2) is 32.2 Å². The van der Waals surface area contributed by atoms with Crippen molar-refractivity contribution in [2.24, 2.45) is 7.05 Å². The Labute approximate surface area is 134 Å². The van der Waals surface area contributed by atoms with Crippen molar-refractivity contribution < 1.29 is 18.0 Å². The molecule has 2 rings (SSSR count). The molecule has 23 heavy (non-hydrogen) atoms. The smallest absolute Gasteiger partial charge is 0.350 e. The molecule has 2 aromatic rings. The van der Waals surface area contributed by atoms with E-state index in [1.807, 2.05) is 0 Å². The molecule has 0 unspecified atom stereocenters. The molecule has 0 aliphatic heterocycles. The van der Waals surface area contributed by atoms with Gasteiger partial charge in [-0.2, -0.15) is 13.2 Å². The van der Waals surface area contributed by atoms with Gasteiger partial charge in [0, 0.05) is 26.2 Å². The number of hydrogen-bond acceptors (Lipinski definition) is 4. The van der Waals surface area contributed by atoms with Crippen LogP contribution in [0.25, 0.3) is 0 Å². The van der Waals surface area contributed by atoms with E-state index >= 15 is 0 Å². The highest BCUT2D eigenvalue weighted by molar-refractivity contribution is 6.33. The van der Waals surface area contributed by atoms with Crippen LogP contribution in [0.5, 0.6) is 0 Å². The van der Waals surface area contributed by atoms with Crippen molar-refractivity contribution in [1.29, 1.82) is 0 Å². The molecule has 2 aromatic heterocycles. The largest absolute Gasteiger partial charge is 0.417 e. The summed E-state index contributed by atoms with van der Waals surface area (Å²) in [5, 5.41) is 10.00. The van der Waals surface area contributed by atoms with Gasteiger partial charge in [-0.05, 0) is 13.0 Å². The predicted molar refractivity (Wildman–Crippen MR) is 76.0 cm³/mol. The molecule has 0 aliphatic rings. The Balaban J connectivity index is 2.00. The van der Waals surface area contributed by atoms with E-state index in [9.17, 15) is 18.0 Å². The van der Waals surface area contributed by atoms with Crippen LogP contribution in [0.4, 0.5) is 13.2 Å². The van der Waals surface area contributed by atoms with E-state index in [4.69, 9.17) is 11.6 Å². The van der Waals surface area contributed by atoms with E-state index < -0.39 is 17.6 Å². The van der Waals surface area contributed by atoms with E-state index in [2.05, 4.69) is 20.5 Å². The first-order chi connectivity index (χ1) is 10.7. The van der Waals surface area contributed by atoms with Crippen molar-refractivity contribution in [1.82, 2.24) is 25.1 Å². The normalized spacial score (nSPS) is 11.6. The van der Waals surface area contributed by atoms with E-state index in [0.717, 1.165) is 5.82 Å². The molecule has 2 heterocycles. The van der Waals surface area contributed by atoms with Crippen molar-refractivity contribution in [3.05, 3.63) is 40.2 Å². The van der Waals surface area contributed by atoms with E-state index in [0.29, 0.717) is 24.5 Å². The van der Waals surface area contributed by atoms with E-state index in [1.165, 1.54) is 0 Å². The van der Waals surface area contributed by atoms with Crippen LogP contribution in [0.1, 0.15) is 27.7 Å². The van der Waals surface area contributed by atoms with Crippen LogP contribution in [0.2, 0.25) is 5.02 Å². The highest BCUT2D eigenvalue weighted by atomic mass is 35.5. The lowest BCUT2D eigenvalue weighted by molar-refractivity contribution is -0.137. The highest BCUT2D eigenvalue weighted by Gasteiger charge is 2.32. The number of nitrogens with one attached hydrogen (secondary N) is 1. The third-order valence-electron chi connectivity index (χ3n) is 3.20. The molecule has 124 valence electrons. The van der Waals surface area contributed by atoms with Gasteiger partial charge in [-0.15, -0.1) is 10.2 Å². The maximum absolute atomic E-state index is 12.5. The van der Waals surface area contributed by atoms with Crippen LogP contribution in [-0.2, 0) is 19.6 Å². The quantitative estimate of drug-likeness (QED) is 0.920. The first-order valence-corrected chi connectivity index (χ1v) is 6.93. The number of carbonyl (C=O) groups excluding carboxylic acids is 1. The Morgan fingerprint density at radius 3 is 2.61 bits per heavy atom. The number of amides is 1. The molecule has 0 saturated carbocycles.